The van der Waals surface area contributed by atoms with Crippen LogP contribution in [-0.2, 0) is 24.1 Å². The Morgan fingerprint density at radius 2 is 2.11 bits per heavy atom. The molecule has 11 heteroatoms. The molecule has 0 saturated heterocycles. The molecule has 2 aromatic heterocycles. The molecule has 0 aliphatic rings. The molecule has 1 amide bonds. The maximum Gasteiger partial charge on any atom is 0.416 e. The summed E-state index contributed by atoms with van der Waals surface area (Å²) in [6.45, 7) is -0.146. The van der Waals surface area contributed by atoms with Gasteiger partial charge in [-0.05, 0) is 41.4 Å². The van der Waals surface area contributed by atoms with Gasteiger partial charge in [0.2, 0.25) is 5.91 Å². The maximum absolute atomic E-state index is 13.1. The van der Waals surface area contributed by atoms with Crippen LogP contribution in [0.5, 0.6) is 0 Å². The third-order valence-electron chi connectivity index (χ3n) is 3.92. The number of hydrogen-bond acceptors (Lipinski definition) is 4. The summed E-state index contributed by atoms with van der Waals surface area (Å²) in [6, 6.07) is 6.07. The highest BCUT2D eigenvalue weighted by atomic mass is 32.1. The van der Waals surface area contributed by atoms with E-state index in [0.29, 0.717) is 16.7 Å². The molecule has 0 aliphatic heterocycles. The van der Waals surface area contributed by atoms with Crippen molar-refractivity contribution in [2.24, 2.45) is 0 Å². The van der Waals surface area contributed by atoms with Crippen LogP contribution in [0.1, 0.15) is 17.5 Å². The zero-order valence-corrected chi connectivity index (χ0v) is 15.8. The molecular weight excluding hydrogens is 416 g/mol. The Labute approximate surface area is 166 Å². The van der Waals surface area contributed by atoms with Crippen molar-refractivity contribution in [2.75, 3.05) is 0 Å². The smallest absolute Gasteiger partial charge is 0.352 e. The number of nitrogens with one attached hydrogen (secondary N) is 2. The Hall–Kier alpha value is -2.53. The van der Waals surface area contributed by atoms with Gasteiger partial charge >= 0.3 is 6.18 Å². The van der Waals surface area contributed by atoms with Gasteiger partial charge in [-0.2, -0.15) is 18.3 Å². The van der Waals surface area contributed by atoms with E-state index in [0.717, 1.165) is 17.0 Å². The number of halogens is 4. The van der Waals surface area contributed by atoms with Crippen LogP contribution in [0, 0.1) is 10.6 Å². The van der Waals surface area contributed by atoms with Gasteiger partial charge in [-0.3, -0.25) is 14.5 Å². The molecule has 28 heavy (non-hydrogen) atoms. The Morgan fingerprint density at radius 3 is 2.79 bits per heavy atom. The number of nitrogens with zero attached hydrogens (tertiary/aromatic N) is 2. The summed E-state index contributed by atoms with van der Waals surface area (Å²) in [5.74, 6) is -0.860. The second kappa shape index (κ2) is 8.23. The van der Waals surface area contributed by atoms with Gasteiger partial charge in [-0.25, -0.2) is 4.39 Å². The number of hydrogen-bond donors (Lipinski definition) is 2. The highest BCUT2D eigenvalue weighted by molar-refractivity contribution is 7.71. The predicted molar refractivity (Wildman–Crippen MR) is 98.6 cm³/mol. The third-order valence-corrected chi connectivity index (χ3v) is 5.09. The summed E-state index contributed by atoms with van der Waals surface area (Å²) in [5.41, 5.74) is -1.31. The van der Waals surface area contributed by atoms with Crippen LogP contribution in [0.2, 0.25) is 0 Å². The number of amides is 1. The van der Waals surface area contributed by atoms with E-state index in [1.807, 2.05) is 17.5 Å². The van der Waals surface area contributed by atoms with Crippen LogP contribution in [0.15, 0.2) is 35.7 Å². The minimum atomic E-state index is -4.71. The van der Waals surface area contributed by atoms with Crippen molar-refractivity contribution in [3.05, 3.63) is 57.4 Å². The molecule has 148 valence electrons. The Kier molecular flexibility index (Phi) is 5.94. The van der Waals surface area contributed by atoms with E-state index in [9.17, 15) is 22.4 Å². The molecule has 5 nitrogen and oxygen atoms in total. The van der Waals surface area contributed by atoms with Crippen LogP contribution >= 0.6 is 23.6 Å². The molecule has 0 unspecified atom stereocenters. The molecule has 0 bridgehead atoms. The zero-order valence-electron chi connectivity index (χ0n) is 14.2. The van der Waals surface area contributed by atoms with E-state index in [-0.39, 0.29) is 25.1 Å². The minimum Gasteiger partial charge on any atom is -0.352 e. The number of carbonyl (C=O) groups excluding carboxylic acids is 1. The van der Waals surface area contributed by atoms with Crippen molar-refractivity contribution in [3.8, 4) is 10.7 Å². The van der Waals surface area contributed by atoms with Crippen molar-refractivity contribution in [3.63, 3.8) is 0 Å². The number of aromatic nitrogens is 3. The quantitative estimate of drug-likeness (QED) is 0.446. The first-order chi connectivity index (χ1) is 13.3. The normalized spacial score (nSPS) is 11.6. The van der Waals surface area contributed by atoms with Crippen LogP contribution in [0.25, 0.3) is 10.7 Å². The van der Waals surface area contributed by atoms with Crippen LogP contribution in [0.4, 0.5) is 17.6 Å². The lowest BCUT2D eigenvalue weighted by Gasteiger charge is -2.14. The summed E-state index contributed by atoms with van der Waals surface area (Å²) < 4.78 is 54.2. The molecule has 0 fully saturated rings. The van der Waals surface area contributed by atoms with Crippen molar-refractivity contribution in [1.82, 2.24) is 20.1 Å². The molecule has 0 saturated carbocycles. The van der Waals surface area contributed by atoms with Gasteiger partial charge in [0.1, 0.15) is 5.82 Å². The molecule has 1 aromatic carbocycles. The minimum absolute atomic E-state index is 0.00520. The van der Waals surface area contributed by atoms with Crippen molar-refractivity contribution < 1.29 is 22.4 Å². The zero-order chi connectivity index (χ0) is 20.3. The molecule has 3 aromatic rings. The highest BCUT2D eigenvalue weighted by Crippen LogP contribution is 2.32. The van der Waals surface area contributed by atoms with Crippen LogP contribution < -0.4 is 5.32 Å². The first-order valence-electron chi connectivity index (χ1n) is 8.07. The fraction of sp³-hybridized carbons (Fsp3) is 0.235. The molecule has 0 aliphatic carbocycles. The van der Waals surface area contributed by atoms with E-state index in [1.165, 1.54) is 11.3 Å². The van der Waals surface area contributed by atoms with E-state index in [4.69, 9.17) is 12.2 Å². The number of thiophene rings is 1. The number of carbonyl (C=O) groups is 1. The number of alkyl halides is 3. The van der Waals surface area contributed by atoms with Gasteiger partial charge in [-0.1, -0.05) is 12.1 Å². The van der Waals surface area contributed by atoms with Gasteiger partial charge in [0.05, 0.1) is 10.4 Å². The first-order valence-corrected chi connectivity index (χ1v) is 9.36. The lowest BCUT2D eigenvalue weighted by molar-refractivity contribution is -0.138. The SMILES string of the molecule is O=C(CCn1c(-c2cccs2)n[nH]c1=S)NCc1ccc(F)cc1C(F)(F)F. The first kappa shape index (κ1) is 20.2. The second-order valence-electron chi connectivity index (χ2n) is 5.81. The number of aromatic amines is 1. The molecule has 3 rings (SSSR count). The number of H-pyrrole nitrogens is 1. The summed E-state index contributed by atoms with van der Waals surface area (Å²) >= 11 is 6.63. The highest BCUT2D eigenvalue weighted by Gasteiger charge is 2.33. The molecule has 2 N–H and O–H groups in total. The number of benzene rings is 1. The van der Waals surface area contributed by atoms with Crippen LogP contribution in [0.3, 0.4) is 0 Å². The monoisotopic (exact) mass is 430 g/mol. The van der Waals surface area contributed by atoms with E-state index in [1.54, 1.807) is 4.57 Å². The predicted octanol–water partition coefficient (Wildman–Crippen LogP) is 4.53. The Morgan fingerprint density at radius 1 is 1.32 bits per heavy atom. The van der Waals surface area contributed by atoms with Gasteiger partial charge in [0.15, 0.2) is 10.6 Å². The molecule has 2 heterocycles. The lowest BCUT2D eigenvalue weighted by atomic mass is 10.1. The van der Waals surface area contributed by atoms with E-state index < -0.39 is 23.5 Å². The molecule has 0 spiro atoms. The van der Waals surface area contributed by atoms with Gasteiger partial charge in [-0.15, -0.1) is 11.3 Å². The van der Waals surface area contributed by atoms with E-state index in [2.05, 4.69) is 15.5 Å². The fourth-order valence-corrected chi connectivity index (χ4v) is 3.53. The van der Waals surface area contributed by atoms with Gasteiger partial charge < -0.3 is 5.32 Å². The van der Waals surface area contributed by atoms with Crippen molar-refractivity contribution in [2.45, 2.75) is 25.7 Å². The number of rotatable bonds is 6. The molecule has 0 radical (unpaired) electrons. The second-order valence-corrected chi connectivity index (χ2v) is 7.14. The summed E-state index contributed by atoms with van der Waals surface area (Å²) in [6.07, 6.45) is -4.71. The maximum atomic E-state index is 13.1. The summed E-state index contributed by atoms with van der Waals surface area (Å²) in [5, 5.41) is 11.1. The molecule has 0 atom stereocenters. The van der Waals surface area contributed by atoms with Crippen molar-refractivity contribution in [1.29, 1.82) is 0 Å². The van der Waals surface area contributed by atoms with Crippen molar-refractivity contribution >= 4 is 29.5 Å². The summed E-state index contributed by atoms with van der Waals surface area (Å²) in [4.78, 5) is 13.0. The van der Waals surface area contributed by atoms with Crippen LogP contribution in [-0.4, -0.2) is 20.7 Å². The fourth-order valence-electron chi connectivity index (χ4n) is 2.58. The lowest BCUT2D eigenvalue weighted by Crippen LogP contribution is -2.25. The molecular formula is C17H14F4N4OS2. The Balaban J connectivity index is 1.64. The van der Waals surface area contributed by atoms with E-state index >= 15 is 0 Å². The average Bonchev–Trinajstić information content (AvgIpc) is 3.27. The standard InChI is InChI=1S/C17H14F4N4OS2/c18-11-4-3-10(12(8-11)17(19,20)21)9-22-14(26)5-6-25-15(23-24-16(25)27)13-2-1-7-28-13/h1-4,7-8H,5-6,9H2,(H,22,26)(H,24,27). The topological polar surface area (TPSA) is 62.7 Å². The summed E-state index contributed by atoms with van der Waals surface area (Å²) in [7, 11) is 0. The third kappa shape index (κ3) is 4.65. The Bertz CT molecular complexity index is 1020. The van der Waals surface area contributed by atoms with Gasteiger partial charge in [0, 0.05) is 19.5 Å². The van der Waals surface area contributed by atoms with Gasteiger partial charge in [0.25, 0.3) is 0 Å². The average molecular weight is 430 g/mol. The largest absolute Gasteiger partial charge is 0.416 e.